The largest absolute Gasteiger partial charge is 0.480 e. The van der Waals surface area contributed by atoms with Crippen LogP contribution in [0.1, 0.15) is 38.5 Å². The first-order valence-electron chi connectivity index (χ1n) is 6.93. The topological polar surface area (TPSA) is 60.9 Å². The Morgan fingerprint density at radius 2 is 1.67 bits per heavy atom. The van der Waals surface area contributed by atoms with Gasteiger partial charge in [-0.05, 0) is 38.6 Å². The van der Waals surface area contributed by atoms with Crippen LogP contribution < -0.4 is 0 Å². The smallest absolute Gasteiger partial charge is 0.320 e. The van der Waals surface area contributed by atoms with Crippen LogP contribution >= 0.6 is 0 Å². The number of piperidine rings is 2. The summed E-state index contributed by atoms with van der Waals surface area (Å²) in [5, 5.41) is 9.17. The second kappa shape index (κ2) is 6.18. The monoisotopic (exact) mass is 254 g/mol. The lowest BCUT2D eigenvalue weighted by Gasteiger charge is -2.35. The Balaban J connectivity index is 1.89. The fourth-order valence-corrected chi connectivity index (χ4v) is 2.88. The van der Waals surface area contributed by atoms with E-state index in [-0.39, 0.29) is 12.5 Å². The van der Waals surface area contributed by atoms with Crippen molar-refractivity contribution < 1.29 is 14.7 Å². The standard InChI is InChI=1S/C13H22N2O3/c16-12(14-7-3-1-4-8-14)10-15-9-5-2-6-11(15)13(17)18/h11H,1-10H2,(H,17,18). The number of amides is 1. The molecule has 0 aromatic carbocycles. The summed E-state index contributed by atoms with van der Waals surface area (Å²) in [6, 6.07) is -0.465. The third kappa shape index (κ3) is 3.22. The molecule has 18 heavy (non-hydrogen) atoms. The maximum absolute atomic E-state index is 12.1. The van der Waals surface area contributed by atoms with E-state index in [1.807, 2.05) is 9.80 Å². The van der Waals surface area contributed by atoms with E-state index >= 15 is 0 Å². The first-order chi connectivity index (χ1) is 8.68. The van der Waals surface area contributed by atoms with E-state index < -0.39 is 12.0 Å². The van der Waals surface area contributed by atoms with Crippen molar-refractivity contribution >= 4 is 11.9 Å². The molecule has 1 unspecified atom stereocenters. The van der Waals surface area contributed by atoms with Crippen molar-refractivity contribution in [2.24, 2.45) is 0 Å². The van der Waals surface area contributed by atoms with Gasteiger partial charge in [-0.15, -0.1) is 0 Å². The molecule has 0 aromatic rings. The van der Waals surface area contributed by atoms with Crippen LogP contribution in [-0.2, 0) is 9.59 Å². The van der Waals surface area contributed by atoms with E-state index in [9.17, 15) is 9.59 Å². The zero-order valence-electron chi connectivity index (χ0n) is 10.8. The van der Waals surface area contributed by atoms with Gasteiger partial charge in [-0.3, -0.25) is 14.5 Å². The molecule has 2 aliphatic rings. The molecule has 2 aliphatic heterocycles. The predicted molar refractivity (Wildman–Crippen MR) is 67.3 cm³/mol. The molecular formula is C13H22N2O3. The van der Waals surface area contributed by atoms with Gasteiger partial charge < -0.3 is 10.0 Å². The normalized spacial score (nSPS) is 26.0. The highest BCUT2D eigenvalue weighted by atomic mass is 16.4. The van der Waals surface area contributed by atoms with Crippen LogP contribution in [0.25, 0.3) is 0 Å². The number of likely N-dealkylation sites (tertiary alicyclic amines) is 2. The van der Waals surface area contributed by atoms with E-state index in [1.54, 1.807) is 0 Å². The molecule has 1 N–H and O–H groups in total. The van der Waals surface area contributed by atoms with Gasteiger partial charge in [-0.2, -0.15) is 0 Å². The summed E-state index contributed by atoms with van der Waals surface area (Å²) in [7, 11) is 0. The number of hydrogen-bond acceptors (Lipinski definition) is 3. The first kappa shape index (κ1) is 13.3. The maximum atomic E-state index is 12.1. The van der Waals surface area contributed by atoms with Crippen LogP contribution in [-0.4, -0.2) is 59.0 Å². The number of carbonyl (C=O) groups excluding carboxylic acids is 1. The van der Waals surface area contributed by atoms with Gasteiger partial charge in [0.1, 0.15) is 6.04 Å². The molecule has 0 spiro atoms. The van der Waals surface area contributed by atoms with Crippen LogP contribution in [0, 0.1) is 0 Å². The van der Waals surface area contributed by atoms with Gasteiger partial charge in [0.2, 0.25) is 5.91 Å². The average molecular weight is 254 g/mol. The number of aliphatic carboxylic acids is 1. The Bertz CT molecular complexity index is 313. The number of carboxylic acids is 1. The number of rotatable bonds is 3. The van der Waals surface area contributed by atoms with E-state index in [4.69, 9.17) is 5.11 Å². The van der Waals surface area contributed by atoms with Crippen LogP contribution in [0.5, 0.6) is 0 Å². The second-order valence-corrected chi connectivity index (χ2v) is 5.26. The zero-order valence-corrected chi connectivity index (χ0v) is 10.8. The van der Waals surface area contributed by atoms with Gasteiger partial charge in [-0.1, -0.05) is 6.42 Å². The van der Waals surface area contributed by atoms with E-state index in [1.165, 1.54) is 6.42 Å². The van der Waals surface area contributed by atoms with Crippen molar-refractivity contribution in [2.75, 3.05) is 26.2 Å². The Morgan fingerprint density at radius 1 is 1.00 bits per heavy atom. The van der Waals surface area contributed by atoms with Gasteiger partial charge in [-0.25, -0.2) is 0 Å². The molecule has 2 fully saturated rings. The molecule has 0 radical (unpaired) electrons. The van der Waals surface area contributed by atoms with Crippen molar-refractivity contribution in [3.05, 3.63) is 0 Å². The predicted octanol–water partition coefficient (Wildman–Crippen LogP) is 0.938. The minimum Gasteiger partial charge on any atom is -0.480 e. The molecule has 102 valence electrons. The average Bonchev–Trinajstić information content (AvgIpc) is 2.40. The first-order valence-corrected chi connectivity index (χ1v) is 6.93. The van der Waals surface area contributed by atoms with Crippen molar-refractivity contribution in [2.45, 2.75) is 44.6 Å². The molecule has 5 heteroatoms. The molecular weight excluding hydrogens is 232 g/mol. The molecule has 1 amide bonds. The fraction of sp³-hybridized carbons (Fsp3) is 0.846. The molecule has 0 saturated carbocycles. The summed E-state index contributed by atoms with van der Waals surface area (Å²) in [5.74, 6) is -0.691. The highest BCUT2D eigenvalue weighted by Crippen LogP contribution is 2.18. The van der Waals surface area contributed by atoms with Crippen LogP contribution in [0.15, 0.2) is 0 Å². The molecule has 1 atom stereocenters. The fourth-order valence-electron chi connectivity index (χ4n) is 2.88. The molecule has 2 rings (SSSR count). The van der Waals surface area contributed by atoms with Crippen molar-refractivity contribution in [1.82, 2.24) is 9.80 Å². The minimum atomic E-state index is -0.791. The van der Waals surface area contributed by atoms with Gasteiger partial charge in [0.15, 0.2) is 0 Å². The number of nitrogens with zero attached hydrogens (tertiary/aromatic N) is 2. The van der Waals surface area contributed by atoms with Gasteiger partial charge in [0.05, 0.1) is 6.54 Å². The Kier molecular flexibility index (Phi) is 4.58. The molecule has 2 saturated heterocycles. The summed E-state index contributed by atoms with van der Waals surface area (Å²) < 4.78 is 0. The van der Waals surface area contributed by atoms with Crippen LogP contribution in [0.2, 0.25) is 0 Å². The summed E-state index contributed by atoms with van der Waals surface area (Å²) in [6.45, 7) is 2.68. The Labute approximate surface area is 108 Å². The van der Waals surface area contributed by atoms with E-state index in [0.717, 1.165) is 45.3 Å². The van der Waals surface area contributed by atoms with Crippen molar-refractivity contribution in [1.29, 1.82) is 0 Å². The van der Waals surface area contributed by atoms with E-state index in [2.05, 4.69) is 0 Å². The third-order valence-corrected chi connectivity index (χ3v) is 3.95. The Morgan fingerprint density at radius 3 is 2.33 bits per heavy atom. The van der Waals surface area contributed by atoms with Crippen molar-refractivity contribution in [3.63, 3.8) is 0 Å². The van der Waals surface area contributed by atoms with Crippen molar-refractivity contribution in [3.8, 4) is 0 Å². The summed E-state index contributed by atoms with van der Waals surface area (Å²) in [4.78, 5) is 27.0. The van der Waals surface area contributed by atoms with Crippen LogP contribution in [0.3, 0.4) is 0 Å². The van der Waals surface area contributed by atoms with Gasteiger partial charge in [0.25, 0.3) is 0 Å². The number of carboxylic acid groups (broad SMARTS) is 1. The maximum Gasteiger partial charge on any atom is 0.320 e. The molecule has 2 heterocycles. The highest BCUT2D eigenvalue weighted by Gasteiger charge is 2.30. The second-order valence-electron chi connectivity index (χ2n) is 5.26. The molecule has 0 aromatic heterocycles. The van der Waals surface area contributed by atoms with Gasteiger partial charge in [0, 0.05) is 13.1 Å². The molecule has 5 nitrogen and oxygen atoms in total. The number of carbonyl (C=O) groups is 2. The number of hydrogen-bond donors (Lipinski definition) is 1. The summed E-state index contributed by atoms with van der Waals surface area (Å²) in [5.41, 5.74) is 0. The lowest BCUT2D eigenvalue weighted by molar-refractivity contribution is -0.146. The molecule has 0 bridgehead atoms. The zero-order chi connectivity index (χ0) is 13.0. The minimum absolute atomic E-state index is 0.0999. The lowest BCUT2D eigenvalue weighted by atomic mass is 10.0. The summed E-state index contributed by atoms with van der Waals surface area (Å²) >= 11 is 0. The van der Waals surface area contributed by atoms with Crippen LogP contribution in [0.4, 0.5) is 0 Å². The third-order valence-electron chi connectivity index (χ3n) is 3.95. The van der Waals surface area contributed by atoms with E-state index in [0.29, 0.717) is 6.42 Å². The quantitative estimate of drug-likeness (QED) is 0.814. The Hall–Kier alpha value is -1.10. The SMILES string of the molecule is O=C(O)C1CCCCN1CC(=O)N1CCCCC1. The highest BCUT2D eigenvalue weighted by molar-refractivity contribution is 5.80. The summed E-state index contributed by atoms with van der Waals surface area (Å²) in [6.07, 6.45) is 5.97. The lowest BCUT2D eigenvalue weighted by Crippen LogP contribution is -2.50. The molecule has 0 aliphatic carbocycles. The van der Waals surface area contributed by atoms with Gasteiger partial charge >= 0.3 is 5.97 Å².